The molecule has 0 spiro atoms. The van der Waals surface area contributed by atoms with Gasteiger partial charge in [0.05, 0.1) is 5.41 Å². The number of hydrogen-bond donors (Lipinski definition) is 3. The van der Waals surface area contributed by atoms with Gasteiger partial charge < -0.3 is 15.7 Å². The Morgan fingerprint density at radius 3 is 2.76 bits per heavy atom. The fourth-order valence-corrected chi connectivity index (χ4v) is 2.39. The maximum Gasteiger partial charge on any atom is 0.310 e. The lowest BCUT2D eigenvalue weighted by atomic mass is 9.94. The average Bonchev–Trinajstić information content (AvgIpc) is 2.28. The van der Waals surface area contributed by atoms with Crippen LogP contribution in [0.3, 0.4) is 0 Å². The minimum atomic E-state index is -0.912. The van der Waals surface area contributed by atoms with Crippen LogP contribution in [-0.4, -0.2) is 47.6 Å². The van der Waals surface area contributed by atoms with Crippen molar-refractivity contribution in [1.29, 1.82) is 0 Å². The van der Waals surface area contributed by atoms with Crippen LogP contribution in [0.4, 0.5) is 0 Å². The van der Waals surface area contributed by atoms with Crippen LogP contribution >= 0.6 is 11.8 Å². The molecular formula is C11H20N2O3S. The van der Waals surface area contributed by atoms with E-state index >= 15 is 0 Å². The van der Waals surface area contributed by atoms with E-state index in [0.717, 1.165) is 18.1 Å². The number of thioether (sulfide) groups is 1. The zero-order chi connectivity index (χ0) is 12.9. The third kappa shape index (κ3) is 4.95. The number of carbonyl (C=O) groups is 2. The smallest absolute Gasteiger partial charge is 0.310 e. The van der Waals surface area contributed by atoms with E-state index in [0.29, 0.717) is 6.42 Å². The Balaban J connectivity index is 2.27. The van der Waals surface area contributed by atoms with Gasteiger partial charge >= 0.3 is 5.97 Å². The summed E-state index contributed by atoms with van der Waals surface area (Å²) in [5, 5.41) is 14.9. The molecule has 6 heteroatoms. The predicted molar refractivity (Wildman–Crippen MR) is 68.2 cm³/mol. The van der Waals surface area contributed by atoms with Gasteiger partial charge in [0.1, 0.15) is 0 Å². The molecule has 1 saturated heterocycles. The molecule has 1 rings (SSSR count). The number of carboxylic acid groups (broad SMARTS) is 1. The number of amides is 1. The van der Waals surface area contributed by atoms with Gasteiger partial charge in [-0.1, -0.05) is 0 Å². The molecule has 17 heavy (non-hydrogen) atoms. The number of rotatable bonds is 5. The van der Waals surface area contributed by atoms with Crippen LogP contribution < -0.4 is 10.6 Å². The summed E-state index contributed by atoms with van der Waals surface area (Å²) in [7, 11) is 0. The standard InChI is InChI=1S/C11H20N2O3S/c1-11(2,10(15)16)7-13-9(14)5-8-6-17-4-3-12-8/h8,12H,3-7H2,1-2H3,(H,13,14)(H,15,16). The van der Waals surface area contributed by atoms with Gasteiger partial charge in [-0.15, -0.1) is 0 Å². The molecule has 1 unspecified atom stereocenters. The van der Waals surface area contributed by atoms with Crippen molar-refractivity contribution in [3.8, 4) is 0 Å². The second kappa shape index (κ2) is 6.26. The fourth-order valence-electron chi connectivity index (χ4n) is 1.44. The van der Waals surface area contributed by atoms with E-state index in [1.54, 1.807) is 13.8 Å². The van der Waals surface area contributed by atoms with E-state index < -0.39 is 11.4 Å². The first-order valence-electron chi connectivity index (χ1n) is 5.73. The number of carbonyl (C=O) groups excluding carboxylic acids is 1. The minimum Gasteiger partial charge on any atom is -0.481 e. The van der Waals surface area contributed by atoms with Gasteiger partial charge in [0, 0.05) is 37.1 Å². The Hall–Kier alpha value is -0.750. The van der Waals surface area contributed by atoms with E-state index in [1.807, 2.05) is 11.8 Å². The Morgan fingerprint density at radius 2 is 2.24 bits per heavy atom. The summed E-state index contributed by atoms with van der Waals surface area (Å²) in [5.74, 6) is 1.04. The van der Waals surface area contributed by atoms with Gasteiger partial charge in [0.15, 0.2) is 0 Å². The number of aliphatic carboxylic acids is 1. The van der Waals surface area contributed by atoms with Crippen LogP contribution in [0.5, 0.6) is 0 Å². The first-order chi connectivity index (χ1) is 7.92. The lowest BCUT2D eigenvalue weighted by molar-refractivity contribution is -0.146. The number of carboxylic acids is 1. The monoisotopic (exact) mass is 260 g/mol. The van der Waals surface area contributed by atoms with Crippen molar-refractivity contribution in [3.63, 3.8) is 0 Å². The molecule has 0 aliphatic carbocycles. The van der Waals surface area contributed by atoms with Gasteiger partial charge in [-0.2, -0.15) is 11.8 Å². The topological polar surface area (TPSA) is 78.4 Å². The van der Waals surface area contributed by atoms with E-state index in [1.165, 1.54) is 0 Å². The van der Waals surface area contributed by atoms with E-state index in [-0.39, 0.29) is 18.5 Å². The first kappa shape index (κ1) is 14.3. The van der Waals surface area contributed by atoms with Crippen molar-refractivity contribution in [2.75, 3.05) is 24.6 Å². The minimum absolute atomic E-state index is 0.0840. The highest BCUT2D eigenvalue weighted by molar-refractivity contribution is 7.99. The molecule has 0 bridgehead atoms. The maximum atomic E-state index is 11.6. The Kier molecular flexibility index (Phi) is 5.27. The third-order valence-electron chi connectivity index (χ3n) is 2.74. The molecule has 0 aromatic heterocycles. The van der Waals surface area contributed by atoms with Gasteiger partial charge in [0.25, 0.3) is 0 Å². The molecule has 0 radical (unpaired) electrons. The summed E-state index contributed by atoms with van der Waals surface area (Å²) in [6.45, 7) is 4.30. The zero-order valence-corrected chi connectivity index (χ0v) is 11.1. The van der Waals surface area contributed by atoms with Gasteiger partial charge in [-0.05, 0) is 13.8 Å². The molecule has 0 aromatic carbocycles. The Bertz CT molecular complexity index is 288. The van der Waals surface area contributed by atoms with Crippen LogP contribution in [-0.2, 0) is 9.59 Å². The van der Waals surface area contributed by atoms with Crippen LogP contribution in [0.1, 0.15) is 20.3 Å². The Labute approximate surface area is 106 Å². The van der Waals surface area contributed by atoms with Crippen molar-refractivity contribution in [2.24, 2.45) is 5.41 Å². The molecule has 1 fully saturated rings. The van der Waals surface area contributed by atoms with Crippen LogP contribution in [0.2, 0.25) is 0 Å². The molecule has 1 heterocycles. The fraction of sp³-hybridized carbons (Fsp3) is 0.818. The molecule has 1 aliphatic heterocycles. The predicted octanol–water partition coefficient (Wildman–Crippen LogP) is 0.309. The van der Waals surface area contributed by atoms with Gasteiger partial charge in [-0.25, -0.2) is 0 Å². The third-order valence-corrected chi connectivity index (χ3v) is 3.87. The van der Waals surface area contributed by atoms with Crippen LogP contribution in [0.15, 0.2) is 0 Å². The first-order valence-corrected chi connectivity index (χ1v) is 6.88. The molecule has 5 nitrogen and oxygen atoms in total. The summed E-state index contributed by atoms with van der Waals surface area (Å²) in [5.41, 5.74) is -0.912. The molecule has 0 aromatic rings. The summed E-state index contributed by atoms with van der Waals surface area (Å²) in [6, 6.07) is 0.210. The molecule has 98 valence electrons. The summed E-state index contributed by atoms with van der Waals surface area (Å²) in [6.07, 6.45) is 0.419. The lowest BCUT2D eigenvalue weighted by Gasteiger charge is -2.24. The van der Waals surface area contributed by atoms with Crippen LogP contribution in [0.25, 0.3) is 0 Å². The highest BCUT2D eigenvalue weighted by atomic mass is 32.2. The van der Waals surface area contributed by atoms with Gasteiger partial charge in [0.2, 0.25) is 5.91 Å². The average molecular weight is 260 g/mol. The molecule has 1 aliphatic rings. The van der Waals surface area contributed by atoms with Crippen molar-refractivity contribution < 1.29 is 14.7 Å². The van der Waals surface area contributed by atoms with E-state index in [2.05, 4.69) is 10.6 Å². The number of nitrogens with one attached hydrogen (secondary N) is 2. The van der Waals surface area contributed by atoms with Gasteiger partial charge in [-0.3, -0.25) is 9.59 Å². The van der Waals surface area contributed by atoms with Crippen molar-refractivity contribution in [2.45, 2.75) is 26.3 Å². The maximum absolute atomic E-state index is 11.6. The molecule has 0 saturated carbocycles. The molecule has 3 N–H and O–H groups in total. The lowest BCUT2D eigenvalue weighted by Crippen LogP contribution is -2.44. The molecule has 1 amide bonds. The molecular weight excluding hydrogens is 240 g/mol. The van der Waals surface area contributed by atoms with Crippen molar-refractivity contribution >= 4 is 23.6 Å². The highest BCUT2D eigenvalue weighted by Gasteiger charge is 2.28. The normalized spacial score (nSPS) is 20.9. The molecule has 1 atom stereocenters. The summed E-state index contributed by atoms with van der Waals surface area (Å²) >= 11 is 1.84. The second-order valence-electron chi connectivity index (χ2n) is 4.90. The largest absolute Gasteiger partial charge is 0.481 e. The second-order valence-corrected chi connectivity index (χ2v) is 6.05. The number of hydrogen-bond acceptors (Lipinski definition) is 4. The highest BCUT2D eigenvalue weighted by Crippen LogP contribution is 2.14. The summed E-state index contributed by atoms with van der Waals surface area (Å²) in [4.78, 5) is 22.5. The summed E-state index contributed by atoms with van der Waals surface area (Å²) < 4.78 is 0. The van der Waals surface area contributed by atoms with Crippen molar-refractivity contribution in [1.82, 2.24) is 10.6 Å². The Morgan fingerprint density at radius 1 is 1.53 bits per heavy atom. The van der Waals surface area contributed by atoms with Crippen molar-refractivity contribution in [3.05, 3.63) is 0 Å². The zero-order valence-electron chi connectivity index (χ0n) is 10.3. The van der Waals surface area contributed by atoms with Crippen LogP contribution in [0, 0.1) is 5.41 Å². The van der Waals surface area contributed by atoms with E-state index in [4.69, 9.17) is 5.11 Å². The SMILES string of the molecule is CC(C)(CNC(=O)CC1CSCCN1)C(=O)O. The quantitative estimate of drug-likeness (QED) is 0.663. The van der Waals surface area contributed by atoms with E-state index in [9.17, 15) is 9.59 Å².